The monoisotopic (exact) mass is 756 g/mol. The molecule has 0 aliphatic heterocycles. The first kappa shape index (κ1) is 39.9. The van der Waals surface area contributed by atoms with Crippen LogP contribution in [0.1, 0.15) is 98.2 Å². The minimum Gasteiger partial charge on any atom is -0.356 e. The quantitative estimate of drug-likeness (QED) is 0.120. The standard InChI is InChI=1S/C46H46F6N2O/c1-3-5-13-33-19-21-39(53-31-33)43(45(47,48)49)27-23-37(24-28-43)41(35-15-9-7-10-16-35)55-42(36-17-11-8-12-18-36)38-25-29-44(30-26-38,46(50,51)52)40-22-20-34(32-54-40)14-6-4-2/h7-12,15-27,29,31-32,41-42H,3-6,13-14,28,30H2,1-2H3. The van der Waals surface area contributed by atoms with Crippen LogP contribution in [0, 0.1) is 0 Å². The Bertz CT molecular complexity index is 1840. The van der Waals surface area contributed by atoms with Crippen molar-refractivity contribution in [3.8, 4) is 0 Å². The highest BCUT2D eigenvalue weighted by Gasteiger charge is 2.56. The van der Waals surface area contributed by atoms with Gasteiger partial charge in [0.1, 0.15) is 23.0 Å². The van der Waals surface area contributed by atoms with Crippen LogP contribution in [0.3, 0.4) is 0 Å². The van der Waals surface area contributed by atoms with E-state index < -0.39 is 48.2 Å². The van der Waals surface area contributed by atoms with Crippen LogP contribution < -0.4 is 0 Å². The molecule has 4 aromatic rings. The van der Waals surface area contributed by atoms with Gasteiger partial charge in [0.15, 0.2) is 0 Å². The molecule has 6 rings (SSSR count). The van der Waals surface area contributed by atoms with Gasteiger partial charge in [-0.15, -0.1) is 0 Å². The number of nitrogens with zero attached hydrogens (tertiary/aromatic N) is 2. The summed E-state index contributed by atoms with van der Waals surface area (Å²) < 4.78 is 96.9. The van der Waals surface area contributed by atoms with E-state index in [0.717, 1.165) is 49.7 Å². The number of hydrogen-bond donors (Lipinski definition) is 0. The lowest BCUT2D eigenvalue weighted by Gasteiger charge is -2.37. The molecule has 4 unspecified atom stereocenters. The zero-order valence-corrected chi connectivity index (χ0v) is 31.1. The number of aryl methyl sites for hydroxylation is 2. The molecule has 0 bridgehead atoms. The summed E-state index contributed by atoms with van der Waals surface area (Å²) >= 11 is 0. The maximum Gasteiger partial charge on any atom is 0.403 e. The molecule has 2 heterocycles. The molecule has 3 nitrogen and oxygen atoms in total. The van der Waals surface area contributed by atoms with E-state index in [-0.39, 0.29) is 11.4 Å². The van der Waals surface area contributed by atoms with E-state index in [9.17, 15) is 26.3 Å². The van der Waals surface area contributed by atoms with E-state index in [2.05, 4.69) is 23.8 Å². The highest BCUT2D eigenvalue weighted by atomic mass is 19.4. The van der Waals surface area contributed by atoms with Crippen molar-refractivity contribution in [2.45, 2.75) is 101 Å². The fourth-order valence-electron chi connectivity index (χ4n) is 7.31. The van der Waals surface area contributed by atoms with Crippen molar-refractivity contribution in [1.82, 2.24) is 9.97 Å². The summed E-state index contributed by atoms with van der Waals surface area (Å²) in [6.07, 6.45) is 4.93. The number of rotatable bonds is 14. The Balaban J connectivity index is 1.34. The first-order valence-electron chi connectivity index (χ1n) is 19.0. The Morgan fingerprint density at radius 1 is 0.582 bits per heavy atom. The second kappa shape index (κ2) is 16.9. The molecule has 0 fully saturated rings. The third kappa shape index (κ3) is 8.57. The molecule has 9 heteroatoms. The smallest absolute Gasteiger partial charge is 0.356 e. The molecule has 0 N–H and O–H groups in total. The van der Waals surface area contributed by atoms with Crippen LogP contribution in [0.15, 0.2) is 145 Å². The molecule has 4 atom stereocenters. The summed E-state index contributed by atoms with van der Waals surface area (Å²) in [4.78, 5) is 8.61. The van der Waals surface area contributed by atoms with Gasteiger partial charge in [0.25, 0.3) is 0 Å². The van der Waals surface area contributed by atoms with Crippen molar-refractivity contribution in [2.75, 3.05) is 0 Å². The largest absolute Gasteiger partial charge is 0.403 e. The lowest BCUT2D eigenvalue weighted by molar-refractivity contribution is -0.177. The molecule has 288 valence electrons. The summed E-state index contributed by atoms with van der Waals surface area (Å²) in [5.74, 6) is 0. The van der Waals surface area contributed by atoms with Crippen LogP contribution in [0.4, 0.5) is 26.3 Å². The highest BCUT2D eigenvalue weighted by molar-refractivity contribution is 5.45. The van der Waals surface area contributed by atoms with Gasteiger partial charge in [-0.3, -0.25) is 9.97 Å². The van der Waals surface area contributed by atoms with E-state index in [4.69, 9.17) is 4.74 Å². The van der Waals surface area contributed by atoms with Crippen molar-refractivity contribution >= 4 is 0 Å². The number of alkyl halides is 6. The lowest BCUT2D eigenvalue weighted by atomic mass is 9.74. The molecule has 2 aliphatic rings. The van der Waals surface area contributed by atoms with Crippen molar-refractivity contribution < 1.29 is 31.1 Å². The third-order valence-electron chi connectivity index (χ3n) is 10.7. The SMILES string of the molecule is CCCCc1ccc(C2(C(F)(F)F)C=CC(C(OC(C3=CCC(c4ccc(CCCC)cn4)(C(F)(F)F)C=C3)c3ccccc3)c3ccccc3)=CC2)nc1. The molecule has 2 aliphatic carbocycles. The molecule has 0 saturated heterocycles. The second-order valence-corrected chi connectivity index (χ2v) is 14.4. The van der Waals surface area contributed by atoms with Gasteiger partial charge in [0.2, 0.25) is 0 Å². The Labute approximate surface area is 319 Å². The Morgan fingerprint density at radius 3 is 1.27 bits per heavy atom. The number of allylic oxidation sites excluding steroid dienone is 4. The minimum absolute atomic E-state index is 0.0816. The Hall–Kier alpha value is -4.76. The van der Waals surface area contributed by atoms with E-state index >= 15 is 0 Å². The van der Waals surface area contributed by atoms with Crippen LogP contribution >= 0.6 is 0 Å². The number of ether oxygens (including phenoxy) is 1. The highest BCUT2D eigenvalue weighted by Crippen LogP contribution is 2.51. The lowest BCUT2D eigenvalue weighted by Crippen LogP contribution is -2.42. The van der Waals surface area contributed by atoms with Crippen LogP contribution in [-0.2, 0) is 28.4 Å². The molecular weight excluding hydrogens is 711 g/mol. The van der Waals surface area contributed by atoms with Gasteiger partial charge in [-0.05, 0) is 84.1 Å². The zero-order valence-electron chi connectivity index (χ0n) is 31.1. The summed E-state index contributed by atoms with van der Waals surface area (Å²) in [7, 11) is 0. The van der Waals surface area contributed by atoms with E-state index in [1.807, 2.05) is 60.7 Å². The van der Waals surface area contributed by atoms with Gasteiger partial charge >= 0.3 is 12.4 Å². The van der Waals surface area contributed by atoms with Crippen LogP contribution in [-0.4, -0.2) is 22.3 Å². The Morgan fingerprint density at radius 2 is 0.982 bits per heavy atom. The van der Waals surface area contributed by atoms with E-state index in [0.29, 0.717) is 22.3 Å². The first-order chi connectivity index (χ1) is 26.4. The molecule has 0 radical (unpaired) electrons. The molecule has 2 aromatic heterocycles. The van der Waals surface area contributed by atoms with Crippen LogP contribution in [0.25, 0.3) is 0 Å². The predicted octanol–water partition coefficient (Wildman–Crippen LogP) is 12.7. The second-order valence-electron chi connectivity index (χ2n) is 14.4. The topological polar surface area (TPSA) is 35.0 Å². The summed E-state index contributed by atoms with van der Waals surface area (Å²) in [6, 6.07) is 24.6. The van der Waals surface area contributed by atoms with Crippen LogP contribution in [0.2, 0.25) is 0 Å². The maximum absolute atomic E-state index is 15.0. The van der Waals surface area contributed by atoms with E-state index in [1.54, 1.807) is 24.3 Å². The summed E-state index contributed by atoms with van der Waals surface area (Å²) in [6.45, 7) is 4.11. The molecule has 0 amide bonds. The number of aromatic nitrogens is 2. The summed E-state index contributed by atoms with van der Waals surface area (Å²) in [5, 5.41) is 0. The van der Waals surface area contributed by atoms with Crippen molar-refractivity contribution in [3.63, 3.8) is 0 Å². The van der Waals surface area contributed by atoms with Gasteiger partial charge in [-0.1, -0.05) is 136 Å². The normalized spacial score (nSPS) is 21.2. The van der Waals surface area contributed by atoms with E-state index in [1.165, 1.54) is 48.8 Å². The van der Waals surface area contributed by atoms with Gasteiger partial charge < -0.3 is 4.74 Å². The fraction of sp³-hybridized carbons (Fsp3) is 0.348. The molecular formula is C46H46F6N2O. The zero-order chi connectivity index (χ0) is 39.1. The first-order valence-corrected chi connectivity index (χ1v) is 19.0. The van der Waals surface area contributed by atoms with Crippen molar-refractivity contribution in [3.05, 3.63) is 179 Å². The molecule has 2 aromatic carbocycles. The molecule has 55 heavy (non-hydrogen) atoms. The molecule has 0 spiro atoms. The predicted molar refractivity (Wildman–Crippen MR) is 204 cm³/mol. The van der Waals surface area contributed by atoms with Gasteiger partial charge in [-0.25, -0.2) is 0 Å². The third-order valence-corrected chi connectivity index (χ3v) is 10.7. The molecule has 0 saturated carbocycles. The average Bonchev–Trinajstić information content (AvgIpc) is 3.20. The number of pyridine rings is 2. The van der Waals surface area contributed by atoms with Gasteiger partial charge in [0, 0.05) is 12.4 Å². The van der Waals surface area contributed by atoms with Gasteiger partial charge in [-0.2, -0.15) is 26.3 Å². The van der Waals surface area contributed by atoms with Crippen LogP contribution in [0.5, 0.6) is 0 Å². The number of hydrogen-bond acceptors (Lipinski definition) is 3. The summed E-state index contributed by atoms with van der Waals surface area (Å²) in [5.41, 5.74) is -0.673. The van der Waals surface area contributed by atoms with Crippen molar-refractivity contribution in [2.24, 2.45) is 0 Å². The maximum atomic E-state index is 15.0. The number of benzene rings is 2. The average molecular weight is 757 g/mol. The van der Waals surface area contributed by atoms with Crippen molar-refractivity contribution in [1.29, 1.82) is 0 Å². The minimum atomic E-state index is -4.63. The Kier molecular flexibility index (Phi) is 12.3. The number of halogens is 6. The number of unbranched alkanes of at least 4 members (excludes halogenated alkanes) is 2. The van der Waals surface area contributed by atoms with Gasteiger partial charge in [0.05, 0.1) is 11.4 Å². The fourth-order valence-corrected chi connectivity index (χ4v) is 7.31.